The Bertz CT molecular complexity index is 297. The molecule has 0 bridgehead atoms. The van der Waals surface area contributed by atoms with Crippen LogP contribution in [0.15, 0.2) is 11.6 Å². The van der Waals surface area contributed by atoms with E-state index in [2.05, 4.69) is 16.8 Å². The minimum Gasteiger partial charge on any atom is -0.478 e. The van der Waals surface area contributed by atoms with Crippen molar-refractivity contribution in [1.82, 2.24) is 9.80 Å². The monoisotopic (exact) mass is 238 g/mol. The number of carboxylic acid groups (broad SMARTS) is 1. The number of aliphatic carboxylic acids is 1. The molecular weight excluding hydrogens is 216 g/mol. The molecule has 1 N–H and O–H groups in total. The molecule has 4 heteroatoms. The molecule has 4 nitrogen and oxygen atoms in total. The molecule has 0 aromatic heterocycles. The zero-order valence-corrected chi connectivity index (χ0v) is 10.6. The van der Waals surface area contributed by atoms with Crippen LogP contribution in [0.2, 0.25) is 0 Å². The number of hydrogen-bond donors (Lipinski definition) is 1. The van der Waals surface area contributed by atoms with Crippen molar-refractivity contribution in [3.63, 3.8) is 0 Å². The molecule has 2 rings (SSSR count). The van der Waals surface area contributed by atoms with E-state index in [9.17, 15) is 4.79 Å². The Kier molecular flexibility index (Phi) is 4.18. The lowest BCUT2D eigenvalue weighted by Crippen LogP contribution is -2.49. The molecule has 0 unspecified atom stereocenters. The number of hydrogen-bond acceptors (Lipinski definition) is 3. The molecule has 2 aliphatic rings. The molecular formula is C13H22N2O2. The summed E-state index contributed by atoms with van der Waals surface area (Å²) < 4.78 is 0. The van der Waals surface area contributed by atoms with Crippen molar-refractivity contribution >= 4 is 5.97 Å². The second-order valence-electron chi connectivity index (χ2n) is 5.21. The van der Waals surface area contributed by atoms with Crippen LogP contribution in [0.25, 0.3) is 0 Å². The lowest BCUT2D eigenvalue weighted by molar-refractivity contribution is -0.131. The van der Waals surface area contributed by atoms with Crippen molar-refractivity contribution in [3.8, 4) is 0 Å². The smallest absolute Gasteiger partial charge is 0.328 e. The average Bonchev–Trinajstić information content (AvgIpc) is 2.30. The van der Waals surface area contributed by atoms with Crippen LogP contribution in [0.3, 0.4) is 0 Å². The molecule has 2 fully saturated rings. The Balaban J connectivity index is 1.81. The summed E-state index contributed by atoms with van der Waals surface area (Å²) in [6.45, 7) is 4.65. The topological polar surface area (TPSA) is 43.8 Å². The first-order chi connectivity index (χ1) is 8.15. The van der Waals surface area contributed by atoms with Crippen LogP contribution >= 0.6 is 0 Å². The maximum absolute atomic E-state index is 10.6. The average molecular weight is 238 g/mol. The van der Waals surface area contributed by atoms with Crippen molar-refractivity contribution in [2.45, 2.75) is 31.7 Å². The van der Waals surface area contributed by atoms with Gasteiger partial charge in [-0.05, 0) is 32.7 Å². The summed E-state index contributed by atoms with van der Waals surface area (Å²) in [5.41, 5.74) is 1.11. The van der Waals surface area contributed by atoms with Gasteiger partial charge in [0.05, 0.1) is 0 Å². The fourth-order valence-electron chi connectivity index (χ4n) is 2.84. The van der Waals surface area contributed by atoms with E-state index in [4.69, 9.17) is 5.11 Å². The lowest BCUT2D eigenvalue weighted by Gasteiger charge is -2.40. The highest BCUT2D eigenvalue weighted by Crippen LogP contribution is 2.27. The van der Waals surface area contributed by atoms with Gasteiger partial charge in [0.25, 0.3) is 0 Å². The van der Waals surface area contributed by atoms with Crippen LogP contribution in [0.5, 0.6) is 0 Å². The largest absolute Gasteiger partial charge is 0.478 e. The fourth-order valence-corrected chi connectivity index (χ4v) is 2.84. The summed E-state index contributed by atoms with van der Waals surface area (Å²) >= 11 is 0. The number of piperazine rings is 1. The third kappa shape index (κ3) is 3.54. The van der Waals surface area contributed by atoms with Gasteiger partial charge in [0.15, 0.2) is 0 Å². The Morgan fingerprint density at radius 1 is 1.24 bits per heavy atom. The van der Waals surface area contributed by atoms with Gasteiger partial charge in [0, 0.05) is 38.3 Å². The maximum atomic E-state index is 10.6. The Morgan fingerprint density at radius 2 is 1.82 bits per heavy atom. The number of allylic oxidation sites excluding steroid dienone is 1. The summed E-state index contributed by atoms with van der Waals surface area (Å²) in [4.78, 5) is 15.5. The second kappa shape index (κ2) is 5.65. The number of likely N-dealkylation sites (N-methyl/N-ethyl adjacent to an activating group) is 1. The first kappa shape index (κ1) is 12.6. The summed E-state index contributed by atoms with van der Waals surface area (Å²) in [5.74, 6) is -0.793. The van der Waals surface area contributed by atoms with Crippen molar-refractivity contribution in [2.24, 2.45) is 0 Å². The highest BCUT2D eigenvalue weighted by Gasteiger charge is 2.25. The molecule has 0 amide bonds. The molecule has 0 radical (unpaired) electrons. The number of carboxylic acids is 1. The number of carbonyl (C=O) groups is 1. The SMILES string of the molecule is CN1CCN(C2CCC(=CC(=O)O)CC2)CC1. The van der Waals surface area contributed by atoms with E-state index in [1.807, 2.05) is 0 Å². The van der Waals surface area contributed by atoms with Gasteiger partial charge in [-0.1, -0.05) is 5.57 Å². The molecule has 1 aliphatic heterocycles. The quantitative estimate of drug-likeness (QED) is 0.734. The summed E-state index contributed by atoms with van der Waals surface area (Å²) in [6.07, 6.45) is 5.58. The summed E-state index contributed by atoms with van der Waals surface area (Å²) in [5, 5.41) is 8.72. The molecule has 17 heavy (non-hydrogen) atoms. The molecule has 0 atom stereocenters. The standard InChI is InChI=1S/C13H22N2O2/c1-14-6-8-15(9-7-14)12-4-2-11(3-5-12)10-13(16)17/h10,12H,2-9H2,1H3,(H,16,17). The zero-order valence-electron chi connectivity index (χ0n) is 10.6. The Morgan fingerprint density at radius 3 is 2.35 bits per heavy atom. The van der Waals surface area contributed by atoms with Gasteiger partial charge in [-0.2, -0.15) is 0 Å². The van der Waals surface area contributed by atoms with Crippen molar-refractivity contribution < 1.29 is 9.90 Å². The van der Waals surface area contributed by atoms with Gasteiger partial charge >= 0.3 is 5.97 Å². The van der Waals surface area contributed by atoms with Crippen LogP contribution in [-0.4, -0.2) is 60.1 Å². The zero-order chi connectivity index (χ0) is 12.3. The minimum atomic E-state index is -0.793. The lowest BCUT2D eigenvalue weighted by atomic mass is 9.89. The third-order valence-electron chi connectivity index (χ3n) is 3.98. The molecule has 0 aromatic rings. The highest BCUT2D eigenvalue weighted by atomic mass is 16.4. The number of rotatable bonds is 2. The van der Waals surface area contributed by atoms with E-state index < -0.39 is 5.97 Å². The van der Waals surface area contributed by atoms with E-state index in [-0.39, 0.29) is 0 Å². The Labute approximate surface area is 103 Å². The van der Waals surface area contributed by atoms with Gasteiger partial charge < -0.3 is 10.0 Å². The van der Waals surface area contributed by atoms with E-state index in [0.717, 1.165) is 44.3 Å². The molecule has 1 saturated carbocycles. The van der Waals surface area contributed by atoms with Gasteiger partial charge in [-0.3, -0.25) is 4.90 Å². The summed E-state index contributed by atoms with van der Waals surface area (Å²) in [7, 11) is 2.17. The molecule has 0 spiro atoms. The predicted molar refractivity (Wildman–Crippen MR) is 67.0 cm³/mol. The molecule has 1 saturated heterocycles. The van der Waals surface area contributed by atoms with Crippen LogP contribution in [-0.2, 0) is 4.79 Å². The fraction of sp³-hybridized carbons (Fsp3) is 0.769. The van der Waals surface area contributed by atoms with Gasteiger partial charge in [0.2, 0.25) is 0 Å². The van der Waals surface area contributed by atoms with Crippen LogP contribution in [0.4, 0.5) is 0 Å². The normalized spacial score (nSPS) is 28.1. The van der Waals surface area contributed by atoms with Gasteiger partial charge in [-0.25, -0.2) is 4.79 Å². The third-order valence-corrected chi connectivity index (χ3v) is 3.98. The number of nitrogens with zero attached hydrogens (tertiary/aromatic N) is 2. The van der Waals surface area contributed by atoms with E-state index in [0.29, 0.717) is 6.04 Å². The second-order valence-corrected chi connectivity index (χ2v) is 5.21. The van der Waals surface area contributed by atoms with Crippen LogP contribution in [0.1, 0.15) is 25.7 Å². The molecule has 1 heterocycles. The maximum Gasteiger partial charge on any atom is 0.328 e. The Hall–Kier alpha value is -0.870. The van der Waals surface area contributed by atoms with Crippen molar-refractivity contribution in [3.05, 3.63) is 11.6 Å². The first-order valence-electron chi connectivity index (χ1n) is 6.50. The molecule has 0 aromatic carbocycles. The van der Waals surface area contributed by atoms with E-state index in [1.54, 1.807) is 0 Å². The van der Waals surface area contributed by atoms with Crippen LogP contribution < -0.4 is 0 Å². The highest BCUT2D eigenvalue weighted by molar-refractivity contribution is 5.80. The van der Waals surface area contributed by atoms with E-state index in [1.165, 1.54) is 19.2 Å². The van der Waals surface area contributed by atoms with E-state index >= 15 is 0 Å². The minimum absolute atomic E-state index is 0.676. The predicted octanol–water partition coefficient (Wildman–Crippen LogP) is 1.19. The first-order valence-corrected chi connectivity index (χ1v) is 6.50. The van der Waals surface area contributed by atoms with Crippen LogP contribution in [0, 0.1) is 0 Å². The molecule has 96 valence electrons. The van der Waals surface area contributed by atoms with Gasteiger partial charge in [-0.15, -0.1) is 0 Å². The van der Waals surface area contributed by atoms with Crippen molar-refractivity contribution in [2.75, 3.05) is 33.2 Å². The van der Waals surface area contributed by atoms with Crippen molar-refractivity contribution in [1.29, 1.82) is 0 Å². The van der Waals surface area contributed by atoms with Gasteiger partial charge in [0.1, 0.15) is 0 Å². The summed E-state index contributed by atoms with van der Waals surface area (Å²) in [6, 6.07) is 0.676. The molecule has 1 aliphatic carbocycles.